The summed E-state index contributed by atoms with van der Waals surface area (Å²) in [5.74, 6) is 3.99. The minimum Gasteiger partial charge on any atom is -0.305 e. The highest BCUT2D eigenvalue weighted by atomic mass is 14.6. The van der Waals surface area contributed by atoms with Gasteiger partial charge in [-0.15, -0.1) is 6.58 Å². The van der Waals surface area contributed by atoms with Gasteiger partial charge in [-0.25, -0.2) is 0 Å². The standard InChI is InChI=1S/C21H29N/c1-4-21-10-9-17-16-7-6-15(22)12-18(16)13(2)11-19(17)20(21)8-5-14(21)3/h4,12,14,16-17,19-20,22H,1-2,5-11H2,3H3. The summed E-state index contributed by atoms with van der Waals surface area (Å²) >= 11 is 0. The molecular formula is C21H29N. The summed E-state index contributed by atoms with van der Waals surface area (Å²) in [6.07, 6.45) is 13.3. The number of hydrogen-bond acceptors (Lipinski definition) is 1. The van der Waals surface area contributed by atoms with Crippen LogP contribution in [0, 0.1) is 40.4 Å². The first-order valence-electron chi connectivity index (χ1n) is 9.17. The van der Waals surface area contributed by atoms with Gasteiger partial charge in [-0.2, -0.15) is 0 Å². The molecule has 1 nitrogen and oxygen atoms in total. The summed E-state index contributed by atoms with van der Waals surface area (Å²) in [7, 11) is 0. The minimum atomic E-state index is 0.407. The van der Waals surface area contributed by atoms with Gasteiger partial charge in [0.25, 0.3) is 0 Å². The van der Waals surface area contributed by atoms with E-state index in [4.69, 9.17) is 5.41 Å². The SMILES string of the molecule is C=CC12CCC3C4CCC(=N)C=C4C(=C)CC3C1CCC2C. The number of hydrogen-bond donors (Lipinski definition) is 1. The first kappa shape index (κ1) is 14.5. The van der Waals surface area contributed by atoms with Crippen molar-refractivity contribution in [3.63, 3.8) is 0 Å². The second-order valence-corrected chi connectivity index (χ2v) is 8.35. The van der Waals surface area contributed by atoms with E-state index in [9.17, 15) is 0 Å². The lowest BCUT2D eigenvalue weighted by atomic mass is 9.50. The molecule has 0 heterocycles. The van der Waals surface area contributed by atoms with E-state index in [2.05, 4.69) is 32.2 Å². The molecule has 6 atom stereocenters. The molecule has 0 aromatic heterocycles. The predicted molar refractivity (Wildman–Crippen MR) is 93.0 cm³/mol. The van der Waals surface area contributed by atoms with Gasteiger partial charge in [0.2, 0.25) is 0 Å². The lowest BCUT2D eigenvalue weighted by molar-refractivity contribution is 0.0111. The molecule has 0 bridgehead atoms. The minimum absolute atomic E-state index is 0.407. The van der Waals surface area contributed by atoms with Crippen molar-refractivity contribution in [1.29, 1.82) is 5.41 Å². The number of rotatable bonds is 1. The molecule has 4 aliphatic rings. The molecule has 1 N–H and O–H groups in total. The van der Waals surface area contributed by atoms with Gasteiger partial charge in [0.1, 0.15) is 0 Å². The Morgan fingerprint density at radius 3 is 2.82 bits per heavy atom. The van der Waals surface area contributed by atoms with Crippen molar-refractivity contribution in [3.8, 4) is 0 Å². The Hall–Kier alpha value is -1.11. The van der Waals surface area contributed by atoms with E-state index in [0.29, 0.717) is 11.3 Å². The van der Waals surface area contributed by atoms with Gasteiger partial charge in [0, 0.05) is 5.71 Å². The van der Waals surface area contributed by atoms with Crippen LogP contribution in [0.3, 0.4) is 0 Å². The quantitative estimate of drug-likeness (QED) is 0.613. The molecule has 4 aliphatic carbocycles. The average molecular weight is 295 g/mol. The van der Waals surface area contributed by atoms with Crippen LogP contribution in [0.4, 0.5) is 0 Å². The zero-order valence-electron chi connectivity index (χ0n) is 13.9. The predicted octanol–water partition coefficient (Wildman–Crippen LogP) is 5.55. The molecule has 118 valence electrons. The van der Waals surface area contributed by atoms with E-state index < -0.39 is 0 Å². The molecule has 0 aliphatic heterocycles. The topological polar surface area (TPSA) is 23.9 Å². The fourth-order valence-electron chi connectivity index (χ4n) is 6.60. The van der Waals surface area contributed by atoms with E-state index >= 15 is 0 Å². The zero-order chi connectivity index (χ0) is 15.5. The van der Waals surface area contributed by atoms with E-state index in [-0.39, 0.29) is 0 Å². The molecular weight excluding hydrogens is 266 g/mol. The second kappa shape index (κ2) is 4.94. The molecule has 6 unspecified atom stereocenters. The van der Waals surface area contributed by atoms with E-state index in [1.165, 1.54) is 49.7 Å². The fraction of sp³-hybridized carbons (Fsp3) is 0.667. The van der Waals surface area contributed by atoms with Gasteiger partial charge >= 0.3 is 0 Å². The maximum Gasteiger partial charge on any atom is 0.0317 e. The third kappa shape index (κ3) is 1.80. The summed E-state index contributed by atoms with van der Waals surface area (Å²) in [5, 5.41) is 8.01. The highest BCUT2D eigenvalue weighted by Crippen LogP contribution is 2.64. The summed E-state index contributed by atoms with van der Waals surface area (Å²) in [6.45, 7) is 11.1. The van der Waals surface area contributed by atoms with Crippen LogP contribution in [-0.2, 0) is 0 Å². The van der Waals surface area contributed by atoms with Gasteiger partial charge in [-0.05, 0) is 91.6 Å². The molecule has 0 radical (unpaired) electrons. The lowest BCUT2D eigenvalue weighted by Crippen LogP contribution is -2.46. The Labute approximate surface area is 135 Å². The normalized spacial score (nSPS) is 47.3. The molecule has 0 aromatic carbocycles. The molecule has 3 saturated carbocycles. The Morgan fingerprint density at radius 2 is 2.05 bits per heavy atom. The van der Waals surface area contributed by atoms with Crippen molar-refractivity contribution in [2.24, 2.45) is 35.0 Å². The van der Waals surface area contributed by atoms with Crippen LogP contribution in [0.1, 0.15) is 51.9 Å². The smallest absolute Gasteiger partial charge is 0.0317 e. The molecule has 4 rings (SSSR count). The fourth-order valence-corrected chi connectivity index (χ4v) is 6.60. The van der Waals surface area contributed by atoms with Crippen molar-refractivity contribution >= 4 is 5.71 Å². The van der Waals surface area contributed by atoms with Gasteiger partial charge < -0.3 is 5.41 Å². The number of nitrogens with one attached hydrogen (secondary N) is 1. The molecule has 0 saturated heterocycles. The summed E-state index contributed by atoms with van der Waals surface area (Å²) in [5.41, 5.74) is 4.01. The molecule has 0 spiro atoms. The van der Waals surface area contributed by atoms with Gasteiger partial charge in [-0.1, -0.05) is 25.2 Å². The molecule has 1 heteroatoms. The molecule has 0 amide bonds. The lowest BCUT2D eigenvalue weighted by Gasteiger charge is -2.54. The molecule has 3 fully saturated rings. The number of fused-ring (bicyclic) bond motifs is 5. The Bertz CT molecular complexity index is 568. The van der Waals surface area contributed by atoms with Crippen molar-refractivity contribution < 1.29 is 0 Å². The largest absolute Gasteiger partial charge is 0.305 e. The second-order valence-electron chi connectivity index (χ2n) is 8.35. The summed E-state index contributed by atoms with van der Waals surface area (Å²) in [6, 6.07) is 0. The van der Waals surface area contributed by atoms with Crippen molar-refractivity contribution in [2.75, 3.05) is 0 Å². The van der Waals surface area contributed by atoms with Crippen LogP contribution >= 0.6 is 0 Å². The van der Waals surface area contributed by atoms with Crippen LogP contribution in [0.15, 0.2) is 36.5 Å². The van der Waals surface area contributed by atoms with E-state index in [0.717, 1.165) is 35.8 Å². The number of allylic oxidation sites excluding steroid dienone is 4. The summed E-state index contributed by atoms with van der Waals surface area (Å²) in [4.78, 5) is 0. The van der Waals surface area contributed by atoms with E-state index in [1.54, 1.807) is 0 Å². The van der Waals surface area contributed by atoms with Crippen LogP contribution in [0.25, 0.3) is 0 Å². The van der Waals surface area contributed by atoms with Gasteiger partial charge in [0.15, 0.2) is 0 Å². The molecule has 22 heavy (non-hydrogen) atoms. The highest BCUT2D eigenvalue weighted by molar-refractivity contribution is 5.94. The third-order valence-corrected chi connectivity index (χ3v) is 7.74. The maximum absolute atomic E-state index is 8.01. The van der Waals surface area contributed by atoms with Gasteiger partial charge in [-0.3, -0.25) is 0 Å². The molecule has 0 aromatic rings. The first-order chi connectivity index (χ1) is 10.6. The van der Waals surface area contributed by atoms with Crippen molar-refractivity contribution in [3.05, 3.63) is 36.5 Å². The Kier molecular flexibility index (Phi) is 3.25. The first-order valence-corrected chi connectivity index (χ1v) is 9.17. The Morgan fingerprint density at radius 1 is 1.23 bits per heavy atom. The maximum atomic E-state index is 8.01. The average Bonchev–Trinajstić information content (AvgIpc) is 2.85. The monoisotopic (exact) mass is 295 g/mol. The van der Waals surface area contributed by atoms with Crippen LogP contribution in [0.5, 0.6) is 0 Å². The van der Waals surface area contributed by atoms with E-state index in [1.807, 2.05) is 0 Å². The zero-order valence-corrected chi connectivity index (χ0v) is 13.9. The third-order valence-electron chi connectivity index (χ3n) is 7.74. The Balaban J connectivity index is 1.70. The van der Waals surface area contributed by atoms with Crippen LogP contribution in [0.2, 0.25) is 0 Å². The summed E-state index contributed by atoms with van der Waals surface area (Å²) < 4.78 is 0. The van der Waals surface area contributed by atoms with Crippen LogP contribution < -0.4 is 0 Å². The van der Waals surface area contributed by atoms with Gasteiger partial charge in [0.05, 0.1) is 0 Å². The van der Waals surface area contributed by atoms with Crippen molar-refractivity contribution in [2.45, 2.75) is 51.9 Å². The van der Waals surface area contributed by atoms with Crippen LogP contribution in [-0.4, -0.2) is 5.71 Å². The van der Waals surface area contributed by atoms with Crippen molar-refractivity contribution in [1.82, 2.24) is 0 Å². The highest BCUT2D eigenvalue weighted by Gasteiger charge is 2.56.